The first-order chi connectivity index (χ1) is 12.6. The highest BCUT2D eigenvalue weighted by atomic mass is 79.9. The van der Waals surface area contributed by atoms with Crippen LogP contribution in [0.2, 0.25) is 0 Å². The number of carbonyl (C=O) groups is 1. The molecule has 0 unspecified atom stereocenters. The van der Waals surface area contributed by atoms with Gasteiger partial charge in [0.05, 0.1) is 28.3 Å². The maximum Gasteiger partial charge on any atom is 0.254 e. The maximum absolute atomic E-state index is 12.9. The van der Waals surface area contributed by atoms with Gasteiger partial charge in [0.15, 0.2) is 0 Å². The van der Waals surface area contributed by atoms with Gasteiger partial charge in [-0.05, 0) is 47.7 Å². The van der Waals surface area contributed by atoms with Gasteiger partial charge in [0.25, 0.3) is 5.91 Å². The lowest BCUT2D eigenvalue weighted by Gasteiger charge is -2.14. The summed E-state index contributed by atoms with van der Waals surface area (Å²) in [5, 5.41) is 14.1. The summed E-state index contributed by atoms with van der Waals surface area (Å²) in [5.74, 6) is 0.447. The van der Waals surface area contributed by atoms with Gasteiger partial charge < -0.3 is 10.3 Å². The van der Waals surface area contributed by atoms with Crippen molar-refractivity contribution < 1.29 is 4.79 Å². The Morgan fingerprint density at radius 3 is 2.88 bits per heavy atom. The normalized spacial score (nSPS) is 12.2. The van der Waals surface area contributed by atoms with Gasteiger partial charge in [0, 0.05) is 4.47 Å². The molecular weight excluding hydrogens is 398 g/mol. The summed E-state index contributed by atoms with van der Waals surface area (Å²) in [6.07, 6.45) is 1.45. The molecule has 26 heavy (non-hydrogen) atoms. The van der Waals surface area contributed by atoms with E-state index < -0.39 is 0 Å². The van der Waals surface area contributed by atoms with Crippen molar-refractivity contribution in [1.29, 1.82) is 0 Å². The number of fused-ring (bicyclic) bond motifs is 1. The predicted octanol–water partition coefficient (Wildman–Crippen LogP) is 2.79. The minimum Gasteiger partial charge on any atom is -0.342 e. The molecule has 0 spiro atoms. The summed E-state index contributed by atoms with van der Waals surface area (Å²) in [5.41, 5.74) is 2.84. The molecular formula is C17H14BrN7O. The van der Waals surface area contributed by atoms with E-state index in [2.05, 4.69) is 46.7 Å². The molecule has 0 aliphatic carbocycles. The van der Waals surface area contributed by atoms with Crippen LogP contribution >= 0.6 is 15.9 Å². The first-order valence-electron chi connectivity index (χ1n) is 7.90. The molecule has 2 heterocycles. The van der Waals surface area contributed by atoms with E-state index in [-0.39, 0.29) is 11.9 Å². The van der Waals surface area contributed by atoms with Gasteiger partial charge in [-0.25, -0.2) is 4.98 Å². The van der Waals surface area contributed by atoms with Gasteiger partial charge in [-0.1, -0.05) is 28.1 Å². The van der Waals surface area contributed by atoms with E-state index in [1.165, 1.54) is 11.0 Å². The molecule has 0 bridgehead atoms. The molecule has 4 aromatic rings. The zero-order chi connectivity index (χ0) is 18.1. The minimum atomic E-state index is -0.296. The van der Waals surface area contributed by atoms with Crippen molar-refractivity contribution >= 4 is 32.9 Å². The van der Waals surface area contributed by atoms with E-state index >= 15 is 0 Å². The number of carbonyl (C=O) groups excluding carboxylic acids is 1. The number of tetrazole rings is 1. The van der Waals surface area contributed by atoms with Crippen LogP contribution in [0.3, 0.4) is 0 Å². The Balaban J connectivity index is 1.63. The summed E-state index contributed by atoms with van der Waals surface area (Å²) in [7, 11) is 0. The second-order valence-corrected chi connectivity index (χ2v) is 6.67. The Labute approximate surface area is 156 Å². The van der Waals surface area contributed by atoms with E-state index in [0.29, 0.717) is 17.1 Å². The van der Waals surface area contributed by atoms with Gasteiger partial charge in [-0.3, -0.25) is 4.79 Å². The number of nitrogens with zero attached hydrogens (tertiary/aromatic N) is 5. The van der Waals surface area contributed by atoms with Gasteiger partial charge in [0.2, 0.25) is 0 Å². The topological polar surface area (TPSA) is 101 Å². The number of aromatic amines is 1. The number of hydrogen-bond acceptors (Lipinski definition) is 5. The molecule has 0 saturated carbocycles. The van der Waals surface area contributed by atoms with E-state index in [0.717, 1.165) is 15.5 Å². The summed E-state index contributed by atoms with van der Waals surface area (Å²) >= 11 is 3.40. The second-order valence-electron chi connectivity index (χ2n) is 5.75. The van der Waals surface area contributed by atoms with E-state index in [1.54, 1.807) is 12.1 Å². The number of amides is 1. The molecule has 8 nitrogen and oxygen atoms in total. The second kappa shape index (κ2) is 6.68. The zero-order valence-electron chi connectivity index (χ0n) is 13.7. The van der Waals surface area contributed by atoms with E-state index in [9.17, 15) is 4.79 Å². The Bertz CT molecular complexity index is 1040. The Kier molecular flexibility index (Phi) is 4.21. The quantitative estimate of drug-likeness (QED) is 0.537. The van der Waals surface area contributed by atoms with Gasteiger partial charge in [-0.2, -0.15) is 4.68 Å². The third-order valence-corrected chi connectivity index (χ3v) is 4.46. The predicted molar refractivity (Wildman–Crippen MR) is 98.8 cm³/mol. The fourth-order valence-electron chi connectivity index (χ4n) is 2.68. The molecule has 0 fully saturated rings. The molecule has 0 aliphatic heterocycles. The molecule has 1 amide bonds. The SMILES string of the molecule is C[C@H](NC(=O)c1cc(Br)ccc1-n1cnnn1)c1nc2ccccc2[nH]1. The van der Waals surface area contributed by atoms with Crippen LogP contribution in [0.25, 0.3) is 16.7 Å². The fraction of sp³-hybridized carbons (Fsp3) is 0.118. The molecule has 2 aromatic heterocycles. The number of aromatic nitrogens is 6. The van der Waals surface area contributed by atoms with Gasteiger partial charge in [0.1, 0.15) is 12.2 Å². The van der Waals surface area contributed by atoms with Crippen LogP contribution in [0.15, 0.2) is 53.3 Å². The summed E-state index contributed by atoms with van der Waals surface area (Å²) in [4.78, 5) is 20.6. The lowest BCUT2D eigenvalue weighted by Crippen LogP contribution is -2.28. The van der Waals surface area contributed by atoms with E-state index in [1.807, 2.05) is 37.3 Å². The standard InChI is InChI=1S/C17H14BrN7O/c1-10(16-21-13-4-2-3-5-14(13)22-16)20-17(26)12-8-11(18)6-7-15(12)25-9-19-23-24-25/h2-10H,1H3,(H,20,26)(H,21,22)/t10-/m0/s1. The van der Waals surface area contributed by atoms with Crippen molar-refractivity contribution in [2.45, 2.75) is 13.0 Å². The number of nitrogens with one attached hydrogen (secondary N) is 2. The molecule has 0 aliphatic rings. The van der Waals surface area contributed by atoms with Crippen molar-refractivity contribution in [1.82, 2.24) is 35.5 Å². The molecule has 9 heteroatoms. The minimum absolute atomic E-state index is 0.246. The monoisotopic (exact) mass is 411 g/mol. The number of benzene rings is 2. The number of para-hydroxylation sites is 2. The average molecular weight is 412 g/mol. The molecule has 0 saturated heterocycles. The molecule has 130 valence electrons. The number of H-pyrrole nitrogens is 1. The first kappa shape index (κ1) is 16.4. The van der Waals surface area contributed by atoms with Crippen LogP contribution in [0.4, 0.5) is 0 Å². The van der Waals surface area contributed by atoms with Crippen molar-refractivity contribution in [2.75, 3.05) is 0 Å². The number of rotatable bonds is 4. The largest absolute Gasteiger partial charge is 0.342 e. The van der Waals surface area contributed by atoms with E-state index in [4.69, 9.17) is 0 Å². The third kappa shape index (κ3) is 3.08. The zero-order valence-corrected chi connectivity index (χ0v) is 15.3. The third-order valence-electron chi connectivity index (χ3n) is 3.96. The maximum atomic E-state index is 12.9. The van der Waals surface area contributed by atoms with Crippen molar-refractivity contribution in [3.05, 3.63) is 64.7 Å². The van der Waals surface area contributed by atoms with Crippen molar-refractivity contribution in [3.63, 3.8) is 0 Å². The number of imidazole rings is 1. The number of hydrogen-bond donors (Lipinski definition) is 2. The van der Waals surface area contributed by atoms with Gasteiger partial charge in [-0.15, -0.1) is 5.10 Å². The summed E-state index contributed by atoms with van der Waals surface area (Å²) in [6.45, 7) is 1.88. The van der Waals surface area contributed by atoms with Crippen LogP contribution in [0.5, 0.6) is 0 Å². The molecule has 4 rings (SSSR count). The summed E-state index contributed by atoms with van der Waals surface area (Å²) < 4.78 is 2.24. The lowest BCUT2D eigenvalue weighted by molar-refractivity contribution is 0.0938. The fourth-order valence-corrected chi connectivity index (χ4v) is 3.04. The molecule has 1 atom stereocenters. The highest BCUT2D eigenvalue weighted by Crippen LogP contribution is 2.21. The molecule has 2 N–H and O–H groups in total. The Morgan fingerprint density at radius 2 is 2.12 bits per heavy atom. The van der Waals surface area contributed by atoms with Crippen LogP contribution in [0, 0.1) is 0 Å². The first-order valence-corrected chi connectivity index (χ1v) is 8.69. The lowest BCUT2D eigenvalue weighted by atomic mass is 10.1. The highest BCUT2D eigenvalue weighted by Gasteiger charge is 2.19. The van der Waals surface area contributed by atoms with Crippen LogP contribution in [0.1, 0.15) is 29.1 Å². The molecule has 2 aromatic carbocycles. The number of halogens is 1. The Morgan fingerprint density at radius 1 is 1.27 bits per heavy atom. The van der Waals surface area contributed by atoms with Crippen LogP contribution < -0.4 is 5.32 Å². The Hall–Kier alpha value is -3.07. The van der Waals surface area contributed by atoms with Gasteiger partial charge >= 0.3 is 0 Å². The smallest absolute Gasteiger partial charge is 0.254 e. The van der Waals surface area contributed by atoms with Crippen molar-refractivity contribution in [3.8, 4) is 5.69 Å². The van der Waals surface area contributed by atoms with Crippen LogP contribution in [-0.4, -0.2) is 36.1 Å². The highest BCUT2D eigenvalue weighted by molar-refractivity contribution is 9.10. The summed E-state index contributed by atoms with van der Waals surface area (Å²) in [6, 6.07) is 12.8. The molecule has 0 radical (unpaired) electrons. The van der Waals surface area contributed by atoms with Crippen molar-refractivity contribution in [2.24, 2.45) is 0 Å². The van der Waals surface area contributed by atoms with Crippen LogP contribution in [-0.2, 0) is 0 Å². The average Bonchev–Trinajstić information content (AvgIpc) is 3.31.